The molecule has 25 heavy (non-hydrogen) atoms. The van der Waals surface area contributed by atoms with E-state index < -0.39 is 0 Å². The Kier molecular flexibility index (Phi) is 5.91. The van der Waals surface area contributed by atoms with Crippen molar-refractivity contribution in [3.63, 3.8) is 0 Å². The number of hydrogen-bond acceptors (Lipinski definition) is 4. The van der Waals surface area contributed by atoms with Gasteiger partial charge in [-0.15, -0.1) is 0 Å². The van der Waals surface area contributed by atoms with Gasteiger partial charge in [0.15, 0.2) is 0 Å². The molecule has 3 rings (SSSR count). The number of aliphatic hydroxyl groups is 1. The molecular weight excluding hydrogens is 318 g/mol. The number of likely N-dealkylation sites (tertiary alicyclic amines) is 1. The van der Waals surface area contributed by atoms with Crippen LogP contribution in [0.4, 0.5) is 0 Å². The molecule has 2 fully saturated rings. The lowest BCUT2D eigenvalue weighted by Gasteiger charge is -2.30. The Morgan fingerprint density at radius 1 is 1.28 bits per heavy atom. The van der Waals surface area contributed by atoms with E-state index in [4.69, 9.17) is 0 Å². The van der Waals surface area contributed by atoms with Crippen LogP contribution in [0.15, 0.2) is 16.9 Å². The highest BCUT2D eigenvalue weighted by Gasteiger charge is 2.22. The molecule has 1 saturated carbocycles. The maximum atomic E-state index is 12.4. The average Bonchev–Trinajstić information content (AvgIpc) is 2.57. The van der Waals surface area contributed by atoms with Crippen molar-refractivity contribution in [3.05, 3.63) is 33.7 Å². The number of piperidine rings is 1. The van der Waals surface area contributed by atoms with Gasteiger partial charge in [-0.25, -0.2) is 0 Å². The zero-order valence-electron chi connectivity index (χ0n) is 15.0. The lowest BCUT2D eigenvalue weighted by atomic mass is 9.93. The fraction of sp³-hybridized carbons (Fsp3) is 0.684. The molecule has 1 aromatic heterocycles. The molecule has 3 N–H and O–H groups in total. The normalized spacial score (nSPS) is 27.8. The number of aromatic amines is 1. The van der Waals surface area contributed by atoms with Crippen LogP contribution in [-0.2, 0) is 6.54 Å². The third kappa shape index (κ3) is 4.92. The molecule has 1 aliphatic heterocycles. The second-order valence-electron chi connectivity index (χ2n) is 7.69. The summed E-state index contributed by atoms with van der Waals surface area (Å²) in [6, 6.07) is 3.53. The van der Waals surface area contributed by atoms with Crippen molar-refractivity contribution in [3.8, 4) is 0 Å². The molecule has 2 heterocycles. The van der Waals surface area contributed by atoms with Crippen molar-refractivity contribution in [1.29, 1.82) is 0 Å². The molecule has 6 nitrogen and oxygen atoms in total. The Labute approximate surface area is 148 Å². The highest BCUT2D eigenvalue weighted by atomic mass is 16.3. The summed E-state index contributed by atoms with van der Waals surface area (Å²) < 4.78 is 0. The van der Waals surface area contributed by atoms with E-state index in [1.54, 1.807) is 6.07 Å². The summed E-state index contributed by atoms with van der Waals surface area (Å²) in [7, 11) is 0. The van der Waals surface area contributed by atoms with Crippen LogP contribution in [0.5, 0.6) is 0 Å². The van der Waals surface area contributed by atoms with Gasteiger partial charge in [-0.2, -0.15) is 0 Å². The van der Waals surface area contributed by atoms with Crippen LogP contribution < -0.4 is 10.9 Å². The number of hydrogen-bond donors (Lipinski definition) is 3. The topological polar surface area (TPSA) is 85.4 Å². The van der Waals surface area contributed by atoms with E-state index in [-0.39, 0.29) is 29.2 Å². The minimum Gasteiger partial charge on any atom is -0.393 e. The predicted molar refractivity (Wildman–Crippen MR) is 96.5 cm³/mol. The van der Waals surface area contributed by atoms with Gasteiger partial charge < -0.3 is 15.4 Å². The number of pyridine rings is 1. The van der Waals surface area contributed by atoms with Crippen molar-refractivity contribution in [2.45, 2.75) is 64.1 Å². The van der Waals surface area contributed by atoms with E-state index in [1.165, 1.54) is 12.8 Å². The van der Waals surface area contributed by atoms with Gasteiger partial charge in [0.05, 0.1) is 6.10 Å². The largest absolute Gasteiger partial charge is 0.393 e. The molecule has 1 amide bonds. The fourth-order valence-corrected chi connectivity index (χ4v) is 3.94. The van der Waals surface area contributed by atoms with Gasteiger partial charge in [-0.3, -0.25) is 14.5 Å². The van der Waals surface area contributed by atoms with Gasteiger partial charge in [0, 0.05) is 24.8 Å². The van der Waals surface area contributed by atoms with E-state index in [2.05, 4.69) is 22.1 Å². The first-order chi connectivity index (χ1) is 12.0. The van der Waals surface area contributed by atoms with Gasteiger partial charge >= 0.3 is 0 Å². The molecule has 6 heteroatoms. The standard InChI is InChI=1S/C19H29N3O3/c1-13-3-2-10-22(11-13)12-15-6-9-17(19(25)21-15)18(24)20-14-4-7-16(23)8-5-14/h6,9,13-14,16,23H,2-5,7-8,10-12H2,1H3,(H,20,24)(H,21,25). The number of aliphatic hydroxyl groups excluding tert-OH is 1. The first kappa shape index (κ1) is 18.1. The number of carbonyl (C=O) groups is 1. The summed E-state index contributed by atoms with van der Waals surface area (Å²) in [5.41, 5.74) is 0.703. The first-order valence-electron chi connectivity index (χ1n) is 9.44. The van der Waals surface area contributed by atoms with Crippen LogP contribution in [0.25, 0.3) is 0 Å². The Hall–Kier alpha value is -1.66. The lowest BCUT2D eigenvalue weighted by Crippen LogP contribution is -2.40. The number of carbonyl (C=O) groups excluding carboxylic acids is 1. The molecule has 2 aliphatic rings. The SMILES string of the molecule is CC1CCCN(Cc2ccc(C(=O)NC3CCC(O)CC3)c(=O)[nH]2)C1. The second kappa shape index (κ2) is 8.15. The van der Waals surface area contributed by atoms with E-state index >= 15 is 0 Å². The Morgan fingerprint density at radius 3 is 2.72 bits per heavy atom. The van der Waals surface area contributed by atoms with Crippen LogP contribution in [-0.4, -0.2) is 46.1 Å². The molecular formula is C19H29N3O3. The molecule has 0 spiro atoms. The number of aromatic nitrogens is 1. The van der Waals surface area contributed by atoms with Gasteiger partial charge in [-0.1, -0.05) is 6.92 Å². The number of amides is 1. The number of nitrogens with zero attached hydrogens (tertiary/aromatic N) is 1. The van der Waals surface area contributed by atoms with E-state index in [9.17, 15) is 14.7 Å². The summed E-state index contributed by atoms with van der Waals surface area (Å²) in [5.74, 6) is 0.375. The molecule has 1 atom stereocenters. The predicted octanol–water partition coefficient (Wildman–Crippen LogP) is 1.64. The quantitative estimate of drug-likeness (QED) is 0.773. The molecule has 0 radical (unpaired) electrons. The Balaban J connectivity index is 1.59. The first-order valence-corrected chi connectivity index (χ1v) is 9.44. The summed E-state index contributed by atoms with van der Waals surface area (Å²) in [6.45, 7) is 5.09. The summed E-state index contributed by atoms with van der Waals surface area (Å²) in [4.78, 5) is 29.9. The van der Waals surface area contributed by atoms with Crippen molar-refractivity contribution in [2.75, 3.05) is 13.1 Å². The highest BCUT2D eigenvalue weighted by molar-refractivity contribution is 5.94. The highest BCUT2D eigenvalue weighted by Crippen LogP contribution is 2.19. The minimum atomic E-state index is -0.323. The van der Waals surface area contributed by atoms with Crippen molar-refractivity contribution >= 4 is 5.91 Å². The van der Waals surface area contributed by atoms with E-state index in [0.29, 0.717) is 18.8 Å². The summed E-state index contributed by atoms with van der Waals surface area (Å²) in [5, 5.41) is 12.5. The molecule has 1 saturated heterocycles. The lowest BCUT2D eigenvalue weighted by molar-refractivity contribution is 0.0866. The number of rotatable bonds is 4. The molecule has 0 bridgehead atoms. The molecule has 138 valence electrons. The minimum absolute atomic E-state index is 0.0461. The van der Waals surface area contributed by atoms with Gasteiger partial charge in [0.25, 0.3) is 11.5 Å². The Morgan fingerprint density at radius 2 is 2.04 bits per heavy atom. The smallest absolute Gasteiger partial charge is 0.261 e. The van der Waals surface area contributed by atoms with Crippen LogP contribution in [0.3, 0.4) is 0 Å². The van der Waals surface area contributed by atoms with Gasteiger partial charge in [0.2, 0.25) is 0 Å². The fourth-order valence-electron chi connectivity index (χ4n) is 3.94. The molecule has 1 aliphatic carbocycles. The van der Waals surface area contributed by atoms with Crippen LogP contribution in [0, 0.1) is 5.92 Å². The summed E-state index contributed by atoms with van der Waals surface area (Å²) in [6.07, 6.45) is 5.13. The van der Waals surface area contributed by atoms with Crippen molar-refractivity contribution in [2.24, 2.45) is 5.92 Å². The maximum absolute atomic E-state index is 12.4. The van der Waals surface area contributed by atoms with E-state index in [1.807, 2.05) is 6.07 Å². The van der Waals surface area contributed by atoms with Crippen LogP contribution >= 0.6 is 0 Å². The van der Waals surface area contributed by atoms with Crippen molar-refractivity contribution < 1.29 is 9.90 Å². The van der Waals surface area contributed by atoms with Crippen molar-refractivity contribution in [1.82, 2.24) is 15.2 Å². The molecule has 1 unspecified atom stereocenters. The monoisotopic (exact) mass is 347 g/mol. The van der Waals surface area contributed by atoms with Gasteiger partial charge in [0.1, 0.15) is 5.56 Å². The Bertz CT molecular complexity index is 650. The molecule has 0 aromatic carbocycles. The third-order valence-corrected chi connectivity index (χ3v) is 5.38. The van der Waals surface area contributed by atoms with Gasteiger partial charge in [-0.05, 0) is 63.1 Å². The zero-order chi connectivity index (χ0) is 17.8. The molecule has 1 aromatic rings. The van der Waals surface area contributed by atoms with E-state index in [0.717, 1.165) is 38.2 Å². The van der Waals surface area contributed by atoms with Crippen LogP contribution in [0.1, 0.15) is 61.5 Å². The maximum Gasteiger partial charge on any atom is 0.261 e. The third-order valence-electron chi connectivity index (χ3n) is 5.38. The number of nitrogens with one attached hydrogen (secondary N) is 2. The number of H-pyrrole nitrogens is 1. The zero-order valence-corrected chi connectivity index (χ0v) is 15.0. The van der Waals surface area contributed by atoms with Crippen LogP contribution in [0.2, 0.25) is 0 Å². The second-order valence-corrected chi connectivity index (χ2v) is 7.69. The average molecular weight is 347 g/mol. The summed E-state index contributed by atoms with van der Waals surface area (Å²) >= 11 is 0.